The van der Waals surface area contributed by atoms with E-state index in [1.54, 1.807) is 0 Å². The van der Waals surface area contributed by atoms with E-state index in [9.17, 15) is 4.79 Å². The molecular formula is C12H16BrNO2. The topological polar surface area (TPSA) is 49.3 Å². The van der Waals surface area contributed by atoms with Gasteiger partial charge in [0.25, 0.3) is 0 Å². The van der Waals surface area contributed by atoms with E-state index in [1.165, 1.54) is 0 Å². The van der Waals surface area contributed by atoms with Crippen molar-refractivity contribution in [3.63, 3.8) is 0 Å². The Hall–Kier alpha value is -0.870. The average Bonchev–Trinajstić information content (AvgIpc) is 2.24. The Balaban J connectivity index is 2.51. The van der Waals surface area contributed by atoms with E-state index in [-0.39, 0.29) is 0 Å². The van der Waals surface area contributed by atoms with Crippen LogP contribution in [0, 0.1) is 0 Å². The van der Waals surface area contributed by atoms with Gasteiger partial charge in [-0.2, -0.15) is 0 Å². The van der Waals surface area contributed by atoms with Gasteiger partial charge in [-0.3, -0.25) is 4.79 Å². The predicted molar refractivity (Wildman–Crippen MR) is 67.3 cm³/mol. The maximum atomic E-state index is 10.9. The first kappa shape index (κ1) is 13.2. The molecule has 0 bridgehead atoms. The molecule has 1 atom stereocenters. The van der Waals surface area contributed by atoms with E-state index >= 15 is 0 Å². The van der Waals surface area contributed by atoms with Gasteiger partial charge in [-0.1, -0.05) is 41.4 Å². The van der Waals surface area contributed by atoms with Crippen LogP contribution in [0.3, 0.4) is 0 Å². The normalized spacial score (nSPS) is 12.4. The van der Waals surface area contributed by atoms with Gasteiger partial charge in [0.2, 0.25) is 0 Å². The number of rotatable bonds is 6. The third-order valence-corrected chi connectivity index (χ3v) is 2.81. The third kappa shape index (κ3) is 4.33. The van der Waals surface area contributed by atoms with Crippen LogP contribution in [0.2, 0.25) is 0 Å². The average molecular weight is 286 g/mol. The van der Waals surface area contributed by atoms with Crippen molar-refractivity contribution in [3.05, 3.63) is 34.3 Å². The van der Waals surface area contributed by atoms with Crippen LogP contribution in [-0.2, 0) is 11.3 Å². The van der Waals surface area contributed by atoms with Crippen LogP contribution >= 0.6 is 15.9 Å². The minimum Gasteiger partial charge on any atom is -0.480 e. The van der Waals surface area contributed by atoms with E-state index in [4.69, 9.17) is 5.11 Å². The summed E-state index contributed by atoms with van der Waals surface area (Å²) in [5, 5.41) is 12.0. The number of benzene rings is 1. The molecule has 0 aliphatic carbocycles. The first-order chi connectivity index (χ1) is 7.63. The molecular weight excluding hydrogens is 270 g/mol. The lowest BCUT2D eigenvalue weighted by atomic mass is 10.1. The quantitative estimate of drug-likeness (QED) is 0.845. The predicted octanol–water partition coefficient (Wildman–Crippen LogP) is 2.79. The summed E-state index contributed by atoms with van der Waals surface area (Å²) in [6, 6.07) is 7.39. The second-order valence-electron chi connectivity index (χ2n) is 3.69. The molecule has 1 aromatic carbocycles. The Labute approximate surface area is 104 Å². The Bertz CT molecular complexity index is 355. The molecule has 0 fully saturated rings. The van der Waals surface area contributed by atoms with Crippen molar-refractivity contribution in [2.75, 3.05) is 0 Å². The molecule has 4 heteroatoms. The smallest absolute Gasteiger partial charge is 0.320 e. The monoisotopic (exact) mass is 285 g/mol. The summed E-state index contributed by atoms with van der Waals surface area (Å²) in [6.07, 6.45) is 1.52. The van der Waals surface area contributed by atoms with Crippen molar-refractivity contribution >= 4 is 21.9 Å². The molecule has 0 aliphatic rings. The number of hydrogen-bond donors (Lipinski definition) is 2. The third-order valence-electron chi connectivity index (χ3n) is 2.32. The van der Waals surface area contributed by atoms with E-state index in [0.717, 1.165) is 16.5 Å². The number of carboxylic acid groups (broad SMARTS) is 1. The Morgan fingerprint density at radius 2 is 2.31 bits per heavy atom. The van der Waals surface area contributed by atoms with Crippen LogP contribution < -0.4 is 5.32 Å². The van der Waals surface area contributed by atoms with Crippen LogP contribution in [-0.4, -0.2) is 17.1 Å². The van der Waals surface area contributed by atoms with Crippen LogP contribution in [0.15, 0.2) is 28.7 Å². The Morgan fingerprint density at radius 1 is 1.56 bits per heavy atom. The van der Waals surface area contributed by atoms with Crippen molar-refractivity contribution in [1.82, 2.24) is 5.32 Å². The molecule has 0 aromatic heterocycles. The molecule has 0 saturated carbocycles. The molecule has 0 spiro atoms. The van der Waals surface area contributed by atoms with Crippen molar-refractivity contribution < 1.29 is 9.90 Å². The summed E-state index contributed by atoms with van der Waals surface area (Å²) < 4.78 is 1.01. The van der Waals surface area contributed by atoms with E-state index in [1.807, 2.05) is 31.2 Å². The second kappa shape index (κ2) is 6.66. The summed E-state index contributed by atoms with van der Waals surface area (Å²) in [6.45, 7) is 2.56. The molecule has 1 aromatic rings. The zero-order chi connectivity index (χ0) is 12.0. The number of carbonyl (C=O) groups is 1. The van der Waals surface area contributed by atoms with Crippen molar-refractivity contribution in [2.45, 2.75) is 32.4 Å². The first-order valence-electron chi connectivity index (χ1n) is 5.34. The van der Waals surface area contributed by atoms with Crippen LogP contribution in [0.1, 0.15) is 25.3 Å². The van der Waals surface area contributed by atoms with E-state index in [2.05, 4.69) is 21.2 Å². The fourth-order valence-corrected chi connectivity index (χ4v) is 1.94. The van der Waals surface area contributed by atoms with Crippen LogP contribution in [0.25, 0.3) is 0 Å². The molecule has 0 aliphatic heterocycles. The van der Waals surface area contributed by atoms with Gasteiger partial charge in [-0.05, 0) is 24.1 Å². The van der Waals surface area contributed by atoms with Gasteiger partial charge >= 0.3 is 5.97 Å². The minimum absolute atomic E-state index is 0.455. The molecule has 0 heterocycles. The van der Waals surface area contributed by atoms with Crippen molar-refractivity contribution in [2.24, 2.45) is 0 Å². The maximum Gasteiger partial charge on any atom is 0.320 e. The number of nitrogens with one attached hydrogen (secondary N) is 1. The minimum atomic E-state index is -0.781. The van der Waals surface area contributed by atoms with Crippen LogP contribution in [0.4, 0.5) is 0 Å². The Kier molecular flexibility index (Phi) is 5.49. The molecule has 16 heavy (non-hydrogen) atoms. The number of halogens is 1. The summed E-state index contributed by atoms with van der Waals surface area (Å²) in [7, 11) is 0. The van der Waals surface area contributed by atoms with E-state index < -0.39 is 12.0 Å². The number of aliphatic carboxylic acids is 1. The van der Waals surface area contributed by atoms with Gasteiger partial charge in [0.1, 0.15) is 6.04 Å². The second-order valence-corrected chi connectivity index (χ2v) is 4.61. The summed E-state index contributed by atoms with van der Waals surface area (Å²) in [5.74, 6) is -0.781. The van der Waals surface area contributed by atoms with Gasteiger partial charge in [0.05, 0.1) is 0 Å². The molecule has 2 N–H and O–H groups in total. The zero-order valence-electron chi connectivity index (χ0n) is 9.24. The molecule has 0 amide bonds. The van der Waals surface area contributed by atoms with Crippen molar-refractivity contribution in [1.29, 1.82) is 0 Å². The fourth-order valence-electron chi connectivity index (χ4n) is 1.49. The van der Waals surface area contributed by atoms with E-state index in [0.29, 0.717) is 13.0 Å². The fraction of sp³-hybridized carbons (Fsp3) is 0.417. The largest absolute Gasteiger partial charge is 0.480 e. The van der Waals surface area contributed by atoms with Crippen molar-refractivity contribution in [3.8, 4) is 0 Å². The summed E-state index contributed by atoms with van der Waals surface area (Å²) >= 11 is 3.38. The highest BCUT2D eigenvalue weighted by atomic mass is 79.9. The molecule has 0 saturated heterocycles. The summed E-state index contributed by atoms with van der Waals surface area (Å²) in [5.41, 5.74) is 1.08. The molecule has 1 unspecified atom stereocenters. The van der Waals surface area contributed by atoms with Gasteiger partial charge < -0.3 is 10.4 Å². The zero-order valence-corrected chi connectivity index (χ0v) is 10.8. The SMILES string of the molecule is CCCC(NCc1cccc(Br)c1)C(=O)O. The van der Waals surface area contributed by atoms with Gasteiger partial charge in [0.15, 0.2) is 0 Å². The maximum absolute atomic E-state index is 10.9. The summed E-state index contributed by atoms with van der Waals surface area (Å²) in [4.78, 5) is 10.9. The molecule has 0 radical (unpaired) electrons. The molecule has 88 valence electrons. The highest BCUT2D eigenvalue weighted by molar-refractivity contribution is 9.10. The lowest BCUT2D eigenvalue weighted by Gasteiger charge is -2.13. The van der Waals surface area contributed by atoms with Crippen LogP contribution in [0.5, 0.6) is 0 Å². The molecule has 3 nitrogen and oxygen atoms in total. The lowest BCUT2D eigenvalue weighted by Crippen LogP contribution is -2.35. The standard InChI is InChI=1S/C12H16BrNO2/c1-2-4-11(12(15)16)14-8-9-5-3-6-10(13)7-9/h3,5-7,11,14H,2,4,8H2,1H3,(H,15,16). The van der Waals surface area contributed by atoms with Gasteiger partial charge in [-0.15, -0.1) is 0 Å². The highest BCUT2D eigenvalue weighted by Crippen LogP contribution is 2.11. The first-order valence-corrected chi connectivity index (χ1v) is 6.13. The molecule has 1 rings (SSSR count). The number of carboxylic acids is 1. The number of hydrogen-bond acceptors (Lipinski definition) is 2. The van der Waals surface area contributed by atoms with Gasteiger partial charge in [-0.25, -0.2) is 0 Å². The Morgan fingerprint density at radius 3 is 2.88 bits per heavy atom. The lowest BCUT2D eigenvalue weighted by molar-refractivity contribution is -0.139. The van der Waals surface area contributed by atoms with Gasteiger partial charge in [0, 0.05) is 11.0 Å². The highest BCUT2D eigenvalue weighted by Gasteiger charge is 2.14.